The molecule has 0 saturated carbocycles. The van der Waals surface area contributed by atoms with Crippen LogP contribution < -0.4 is 10.1 Å². The topological polar surface area (TPSA) is 58.6 Å². The molecule has 0 fully saturated rings. The van der Waals surface area contributed by atoms with Gasteiger partial charge < -0.3 is 15.2 Å². The molecule has 21 heavy (non-hydrogen) atoms. The number of nitrogens with one attached hydrogen (secondary N) is 1. The van der Waals surface area contributed by atoms with Crippen LogP contribution in [0.2, 0.25) is 4.34 Å². The predicted molar refractivity (Wildman–Crippen MR) is 85.3 cm³/mol. The number of carbonyl (C=O) groups excluding carboxylic acids is 1. The highest BCUT2D eigenvalue weighted by Crippen LogP contribution is 2.29. The molecule has 0 saturated heterocycles. The van der Waals surface area contributed by atoms with Gasteiger partial charge in [-0.15, -0.1) is 11.3 Å². The van der Waals surface area contributed by atoms with Crippen LogP contribution in [0.25, 0.3) is 0 Å². The van der Waals surface area contributed by atoms with E-state index < -0.39 is 0 Å². The summed E-state index contributed by atoms with van der Waals surface area (Å²) in [5.41, 5.74) is 1.25. The fraction of sp³-hybridized carbons (Fsp3) is 0.267. The van der Waals surface area contributed by atoms with Crippen LogP contribution >= 0.6 is 22.9 Å². The van der Waals surface area contributed by atoms with Crippen molar-refractivity contribution in [3.05, 3.63) is 45.1 Å². The second-order valence-corrected chi connectivity index (χ2v) is 6.28. The van der Waals surface area contributed by atoms with Gasteiger partial charge in [-0.1, -0.05) is 11.6 Å². The molecular weight excluding hydrogens is 310 g/mol. The van der Waals surface area contributed by atoms with Crippen molar-refractivity contribution < 1.29 is 14.6 Å². The van der Waals surface area contributed by atoms with Gasteiger partial charge in [-0.05, 0) is 37.3 Å². The van der Waals surface area contributed by atoms with Crippen LogP contribution in [0.5, 0.6) is 5.75 Å². The average molecular weight is 326 g/mol. The van der Waals surface area contributed by atoms with Crippen LogP contribution in [0.4, 0.5) is 5.69 Å². The van der Waals surface area contributed by atoms with Crippen molar-refractivity contribution in [2.24, 2.45) is 0 Å². The molecule has 0 radical (unpaired) electrons. The van der Waals surface area contributed by atoms with Gasteiger partial charge in [0.25, 0.3) is 0 Å². The van der Waals surface area contributed by atoms with Crippen LogP contribution in [0, 0.1) is 0 Å². The molecule has 0 aliphatic rings. The molecular formula is C15H16ClNO3S. The standard InChI is InChI=1S/C15H16ClNO3S/c1-9(13-5-6-14(16)21-13)15(19)17-11-3-4-12(20-2)10(7-11)8-18/h3-7,9,18H,8H2,1-2H3,(H,17,19). The summed E-state index contributed by atoms with van der Waals surface area (Å²) in [6.45, 7) is 1.68. The highest BCUT2D eigenvalue weighted by Gasteiger charge is 2.17. The third-order valence-corrected chi connectivity index (χ3v) is 4.55. The van der Waals surface area contributed by atoms with E-state index in [1.165, 1.54) is 18.4 Å². The van der Waals surface area contributed by atoms with Gasteiger partial charge in [0.2, 0.25) is 5.91 Å². The van der Waals surface area contributed by atoms with Gasteiger partial charge in [-0.25, -0.2) is 0 Å². The molecule has 0 aliphatic heterocycles. The van der Waals surface area contributed by atoms with Crippen LogP contribution in [0.3, 0.4) is 0 Å². The van der Waals surface area contributed by atoms with E-state index in [0.717, 1.165) is 4.88 Å². The van der Waals surface area contributed by atoms with E-state index in [2.05, 4.69) is 5.32 Å². The maximum Gasteiger partial charge on any atom is 0.232 e. The molecule has 1 heterocycles. The molecule has 6 heteroatoms. The van der Waals surface area contributed by atoms with Crippen molar-refractivity contribution in [1.82, 2.24) is 0 Å². The molecule has 0 bridgehead atoms. The number of halogens is 1. The minimum absolute atomic E-state index is 0.123. The number of rotatable bonds is 5. The summed E-state index contributed by atoms with van der Waals surface area (Å²) < 4.78 is 5.79. The van der Waals surface area contributed by atoms with Crippen LogP contribution in [0.15, 0.2) is 30.3 Å². The Morgan fingerprint density at radius 1 is 1.43 bits per heavy atom. The first-order chi connectivity index (χ1) is 10.0. The van der Waals surface area contributed by atoms with Crippen molar-refractivity contribution >= 4 is 34.5 Å². The highest BCUT2D eigenvalue weighted by atomic mass is 35.5. The minimum Gasteiger partial charge on any atom is -0.496 e. The Hall–Kier alpha value is -1.56. The number of hydrogen-bond acceptors (Lipinski definition) is 4. The lowest BCUT2D eigenvalue weighted by Crippen LogP contribution is -2.18. The zero-order chi connectivity index (χ0) is 15.4. The molecule has 1 aromatic heterocycles. The summed E-state index contributed by atoms with van der Waals surface area (Å²) in [5.74, 6) is 0.179. The number of benzene rings is 1. The Morgan fingerprint density at radius 2 is 2.19 bits per heavy atom. The van der Waals surface area contributed by atoms with Crippen LogP contribution in [0.1, 0.15) is 23.3 Å². The van der Waals surface area contributed by atoms with Gasteiger partial charge in [0.1, 0.15) is 5.75 Å². The lowest BCUT2D eigenvalue weighted by atomic mass is 10.1. The number of ether oxygens (including phenoxy) is 1. The number of methoxy groups -OCH3 is 1. The number of aliphatic hydroxyl groups is 1. The smallest absolute Gasteiger partial charge is 0.232 e. The van der Waals surface area contributed by atoms with E-state index in [1.54, 1.807) is 24.3 Å². The van der Waals surface area contributed by atoms with Crippen molar-refractivity contribution in [2.45, 2.75) is 19.4 Å². The Morgan fingerprint density at radius 3 is 2.76 bits per heavy atom. The first-order valence-corrected chi connectivity index (χ1v) is 7.58. The van der Waals surface area contributed by atoms with E-state index in [1.807, 2.05) is 13.0 Å². The van der Waals surface area contributed by atoms with Gasteiger partial charge in [-0.2, -0.15) is 0 Å². The van der Waals surface area contributed by atoms with Gasteiger partial charge >= 0.3 is 0 Å². The van der Waals surface area contributed by atoms with E-state index >= 15 is 0 Å². The Labute approximate surface area is 132 Å². The molecule has 1 aromatic carbocycles. The normalized spacial score (nSPS) is 12.0. The Balaban J connectivity index is 2.12. The minimum atomic E-state index is -0.290. The average Bonchev–Trinajstić information content (AvgIpc) is 2.92. The van der Waals surface area contributed by atoms with Crippen LogP contribution in [-0.4, -0.2) is 18.1 Å². The lowest BCUT2D eigenvalue weighted by Gasteiger charge is -2.13. The Kier molecular flexibility index (Phi) is 5.22. The largest absolute Gasteiger partial charge is 0.496 e. The van der Waals surface area contributed by atoms with Crippen molar-refractivity contribution in [1.29, 1.82) is 0 Å². The molecule has 2 rings (SSSR count). The summed E-state index contributed by atoms with van der Waals surface area (Å²) >= 11 is 7.28. The number of hydrogen-bond donors (Lipinski definition) is 2. The van der Waals surface area contributed by atoms with E-state index in [0.29, 0.717) is 21.3 Å². The molecule has 1 atom stereocenters. The van der Waals surface area contributed by atoms with E-state index in [-0.39, 0.29) is 18.4 Å². The van der Waals surface area contributed by atoms with Crippen molar-refractivity contribution in [3.8, 4) is 5.75 Å². The van der Waals surface area contributed by atoms with E-state index in [9.17, 15) is 9.90 Å². The molecule has 112 valence electrons. The SMILES string of the molecule is COc1ccc(NC(=O)C(C)c2ccc(Cl)s2)cc1CO. The third kappa shape index (κ3) is 3.75. The van der Waals surface area contributed by atoms with Crippen molar-refractivity contribution in [3.63, 3.8) is 0 Å². The summed E-state index contributed by atoms with van der Waals surface area (Å²) in [7, 11) is 1.54. The predicted octanol–water partition coefficient (Wildman–Crippen LogP) is 3.64. The molecule has 0 spiro atoms. The van der Waals surface area contributed by atoms with Gasteiger partial charge in [0.05, 0.1) is 24.0 Å². The van der Waals surface area contributed by atoms with Crippen LogP contribution in [-0.2, 0) is 11.4 Å². The third-order valence-electron chi connectivity index (χ3n) is 3.13. The fourth-order valence-corrected chi connectivity index (χ4v) is 3.03. The molecule has 2 aromatic rings. The second kappa shape index (κ2) is 6.93. The maximum atomic E-state index is 12.2. The molecule has 1 unspecified atom stereocenters. The molecule has 2 N–H and O–H groups in total. The number of aliphatic hydroxyl groups excluding tert-OH is 1. The summed E-state index contributed by atoms with van der Waals surface area (Å²) in [4.78, 5) is 13.1. The number of amides is 1. The number of thiophene rings is 1. The fourth-order valence-electron chi connectivity index (χ4n) is 1.92. The van der Waals surface area contributed by atoms with E-state index in [4.69, 9.17) is 16.3 Å². The summed E-state index contributed by atoms with van der Waals surface area (Å²) in [6, 6.07) is 8.79. The van der Waals surface area contributed by atoms with Crippen molar-refractivity contribution in [2.75, 3.05) is 12.4 Å². The Bertz CT molecular complexity index is 642. The summed E-state index contributed by atoms with van der Waals surface area (Å²) in [6.07, 6.45) is 0. The first kappa shape index (κ1) is 15.8. The molecule has 0 aliphatic carbocycles. The number of anilines is 1. The lowest BCUT2D eigenvalue weighted by molar-refractivity contribution is -0.117. The zero-order valence-electron chi connectivity index (χ0n) is 11.7. The first-order valence-electron chi connectivity index (χ1n) is 6.39. The zero-order valence-corrected chi connectivity index (χ0v) is 13.3. The van der Waals surface area contributed by atoms with Gasteiger partial charge in [-0.3, -0.25) is 4.79 Å². The second-order valence-electron chi connectivity index (χ2n) is 4.54. The maximum absolute atomic E-state index is 12.2. The molecule has 4 nitrogen and oxygen atoms in total. The highest BCUT2D eigenvalue weighted by molar-refractivity contribution is 7.16. The quantitative estimate of drug-likeness (QED) is 0.882. The number of carbonyl (C=O) groups is 1. The monoisotopic (exact) mass is 325 g/mol. The summed E-state index contributed by atoms with van der Waals surface area (Å²) in [5, 5.41) is 12.1. The van der Waals surface area contributed by atoms with Gasteiger partial charge in [0.15, 0.2) is 0 Å². The molecule has 1 amide bonds. The van der Waals surface area contributed by atoms with Gasteiger partial charge in [0, 0.05) is 16.1 Å².